The lowest BCUT2D eigenvalue weighted by atomic mass is 9.73. The summed E-state index contributed by atoms with van der Waals surface area (Å²) in [7, 11) is 0. The molecular weight excluding hydrogens is 386 g/mol. The van der Waals surface area contributed by atoms with Gasteiger partial charge < -0.3 is 10.1 Å². The first-order valence-corrected chi connectivity index (χ1v) is 10.4. The highest BCUT2D eigenvalue weighted by atomic mass is 35.5. The predicted octanol–water partition coefficient (Wildman–Crippen LogP) is 5.13. The smallest absolute Gasteiger partial charge is 0.225 e. The van der Waals surface area contributed by atoms with Crippen LogP contribution < -0.4 is 10.1 Å². The Kier molecular flexibility index (Phi) is 5.46. The predicted molar refractivity (Wildman–Crippen MR) is 113 cm³/mol. The molecule has 0 fully saturated rings. The van der Waals surface area contributed by atoms with E-state index in [1.54, 1.807) is 12.1 Å². The molecule has 2 aliphatic rings. The normalized spacial score (nSPS) is 21.8. The van der Waals surface area contributed by atoms with Gasteiger partial charge in [-0.3, -0.25) is 9.59 Å². The Bertz CT molecular complexity index is 961. The van der Waals surface area contributed by atoms with Gasteiger partial charge in [0.25, 0.3) is 0 Å². The summed E-state index contributed by atoms with van der Waals surface area (Å²) in [4.78, 5) is 25.5. The molecule has 0 aromatic heterocycles. The molecule has 2 atom stereocenters. The number of halogens is 1. The van der Waals surface area contributed by atoms with E-state index in [2.05, 4.69) is 5.32 Å². The SMILES string of the molecule is CC(C)Oc1ccc(C2CC(=O)C3=C(C2)NC(=O)CC3c2ccc(Cl)cc2)cc1. The molecule has 2 unspecified atom stereocenters. The molecule has 1 heterocycles. The molecule has 1 amide bonds. The largest absolute Gasteiger partial charge is 0.491 e. The number of rotatable bonds is 4. The fourth-order valence-electron chi connectivity index (χ4n) is 4.27. The number of allylic oxidation sites excluding steroid dienone is 2. The van der Waals surface area contributed by atoms with Crippen LogP contribution in [-0.2, 0) is 9.59 Å². The van der Waals surface area contributed by atoms with Crippen LogP contribution in [0.5, 0.6) is 5.75 Å². The van der Waals surface area contributed by atoms with Gasteiger partial charge in [0, 0.05) is 35.1 Å². The number of carbonyl (C=O) groups is 2. The van der Waals surface area contributed by atoms with Crippen LogP contribution in [0.15, 0.2) is 59.8 Å². The second-order valence-corrected chi connectivity index (χ2v) is 8.45. The number of nitrogens with one attached hydrogen (secondary N) is 1. The third-order valence-corrected chi connectivity index (χ3v) is 5.78. The summed E-state index contributed by atoms with van der Waals surface area (Å²) in [5.74, 6) is 0.737. The van der Waals surface area contributed by atoms with Crippen LogP contribution in [-0.4, -0.2) is 17.8 Å². The van der Waals surface area contributed by atoms with Crippen molar-refractivity contribution >= 4 is 23.3 Å². The Labute approximate surface area is 175 Å². The van der Waals surface area contributed by atoms with Crippen LogP contribution in [0.25, 0.3) is 0 Å². The Morgan fingerprint density at radius 2 is 1.59 bits per heavy atom. The van der Waals surface area contributed by atoms with Crippen molar-refractivity contribution in [2.24, 2.45) is 0 Å². The lowest BCUT2D eigenvalue weighted by Gasteiger charge is -2.34. The molecule has 0 saturated carbocycles. The van der Waals surface area contributed by atoms with Gasteiger partial charge in [-0.25, -0.2) is 0 Å². The van der Waals surface area contributed by atoms with Crippen molar-refractivity contribution in [3.63, 3.8) is 0 Å². The van der Waals surface area contributed by atoms with Gasteiger partial charge in [-0.05, 0) is 61.6 Å². The van der Waals surface area contributed by atoms with Crippen LogP contribution >= 0.6 is 11.6 Å². The molecule has 29 heavy (non-hydrogen) atoms. The third kappa shape index (κ3) is 4.23. The average Bonchev–Trinajstić information content (AvgIpc) is 2.67. The molecule has 1 N–H and O–H groups in total. The van der Waals surface area contributed by atoms with Crippen molar-refractivity contribution < 1.29 is 14.3 Å². The zero-order valence-electron chi connectivity index (χ0n) is 16.6. The maximum Gasteiger partial charge on any atom is 0.225 e. The number of ketones is 1. The van der Waals surface area contributed by atoms with Crippen molar-refractivity contribution in [2.75, 3.05) is 0 Å². The monoisotopic (exact) mass is 409 g/mol. The summed E-state index contributed by atoms with van der Waals surface area (Å²) in [5.41, 5.74) is 3.57. The highest BCUT2D eigenvalue weighted by Crippen LogP contribution is 2.42. The molecule has 1 aliphatic carbocycles. The van der Waals surface area contributed by atoms with Gasteiger partial charge in [0.1, 0.15) is 5.75 Å². The quantitative estimate of drug-likeness (QED) is 0.761. The van der Waals surface area contributed by atoms with Crippen LogP contribution in [0, 0.1) is 0 Å². The molecular formula is C24H24ClNO3. The zero-order valence-corrected chi connectivity index (χ0v) is 17.3. The highest BCUT2D eigenvalue weighted by molar-refractivity contribution is 6.30. The number of ether oxygens (including phenoxy) is 1. The summed E-state index contributed by atoms with van der Waals surface area (Å²) in [6.45, 7) is 3.98. The van der Waals surface area contributed by atoms with Crippen molar-refractivity contribution in [2.45, 2.75) is 51.0 Å². The maximum atomic E-state index is 13.1. The highest BCUT2D eigenvalue weighted by Gasteiger charge is 2.38. The molecule has 5 heteroatoms. The van der Waals surface area contributed by atoms with E-state index in [1.807, 2.05) is 50.2 Å². The Balaban J connectivity index is 1.61. The first kappa shape index (κ1) is 19.7. The first-order valence-electron chi connectivity index (χ1n) is 9.99. The molecule has 0 saturated heterocycles. The number of benzene rings is 2. The second kappa shape index (κ2) is 8.03. The van der Waals surface area contributed by atoms with Crippen LogP contribution in [0.4, 0.5) is 0 Å². The Morgan fingerprint density at radius 3 is 2.24 bits per heavy atom. The minimum atomic E-state index is -0.203. The molecule has 150 valence electrons. The van der Waals surface area contributed by atoms with Gasteiger partial charge in [0.05, 0.1) is 6.10 Å². The third-order valence-electron chi connectivity index (χ3n) is 5.53. The van der Waals surface area contributed by atoms with Gasteiger partial charge >= 0.3 is 0 Å². The maximum absolute atomic E-state index is 13.1. The number of carbonyl (C=O) groups excluding carboxylic acids is 2. The van der Waals surface area contributed by atoms with Crippen LogP contribution in [0.3, 0.4) is 0 Å². The van der Waals surface area contributed by atoms with E-state index in [4.69, 9.17) is 16.3 Å². The molecule has 4 rings (SSSR count). The standard InChI is InChI=1S/C24H24ClNO3/c1-14(2)29-19-9-5-15(6-10-19)17-11-21-24(22(27)12-17)20(13-23(28)26-21)16-3-7-18(25)8-4-16/h3-10,14,17,20H,11-13H2,1-2H3,(H,26,28). The summed E-state index contributed by atoms with van der Waals surface area (Å²) in [6.07, 6.45) is 1.51. The van der Waals surface area contributed by atoms with Gasteiger partial charge in [-0.2, -0.15) is 0 Å². The minimum absolute atomic E-state index is 0.0437. The van der Waals surface area contributed by atoms with Crippen molar-refractivity contribution in [3.8, 4) is 5.75 Å². The molecule has 2 aromatic rings. The summed E-state index contributed by atoms with van der Waals surface area (Å²) in [6, 6.07) is 15.3. The topological polar surface area (TPSA) is 55.4 Å². The summed E-state index contributed by atoms with van der Waals surface area (Å²) >= 11 is 6.00. The Morgan fingerprint density at radius 1 is 0.931 bits per heavy atom. The van der Waals surface area contributed by atoms with Crippen LogP contribution in [0.2, 0.25) is 5.02 Å². The number of hydrogen-bond acceptors (Lipinski definition) is 3. The van der Waals surface area contributed by atoms with E-state index in [9.17, 15) is 9.59 Å². The van der Waals surface area contributed by atoms with Gasteiger partial charge in [-0.15, -0.1) is 0 Å². The number of amides is 1. The molecule has 0 bridgehead atoms. The number of hydrogen-bond donors (Lipinski definition) is 1. The lowest BCUT2D eigenvalue weighted by Crippen LogP contribution is -2.38. The molecule has 0 spiro atoms. The van der Waals surface area contributed by atoms with E-state index in [1.165, 1.54) is 0 Å². The average molecular weight is 410 g/mol. The van der Waals surface area contributed by atoms with Crippen molar-refractivity contribution in [1.82, 2.24) is 5.32 Å². The molecule has 1 aliphatic heterocycles. The van der Waals surface area contributed by atoms with Gasteiger partial charge in [0.2, 0.25) is 5.91 Å². The van der Waals surface area contributed by atoms with Crippen molar-refractivity contribution in [1.29, 1.82) is 0 Å². The zero-order chi connectivity index (χ0) is 20.5. The van der Waals surface area contributed by atoms with E-state index in [0.29, 0.717) is 17.9 Å². The summed E-state index contributed by atoms with van der Waals surface area (Å²) in [5, 5.41) is 3.61. The minimum Gasteiger partial charge on any atom is -0.491 e. The summed E-state index contributed by atoms with van der Waals surface area (Å²) < 4.78 is 5.71. The molecule has 0 radical (unpaired) electrons. The fourth-order valence-corrected chi connectivity index (χ4v) is 4.39. The van der Waals surface area contributed by atoms with Crippen molar-refractivity contribution in [3.05, 3.63) is 76.0 Å². The van der Waals surface area contributed by atoms with E-state index in [0.717, 1.165) is 28.1 Å². The van der Waals surface area contributed by atoms with E-state index >= 15 is 0 Å². The Hall–Kier alpha value is -2.59. The van der Waals surface area contributed by atoms with E-state index < -0.39 is 0 Å². The van der Waals surface area contributed by atoms with Gasteiger partial charge in [-0.1, -0.05) is 35.9 Å². The molecule has 2 aromatic carbocycles. The first-order chi connectivity index (χ1) is 13.9. The lowest BCUT2D eigenvalue weighted by molar-refractivity contribution is -0.122. The fraction of sp³-hybridized carbons (Fsp3) is 0.333. The van der Waals surface area contributed by atoms with Crippen LogP contribution in [0.1, 0.15) is 56.1 Å². The second-order valence-electron chi connectivity index (χ2n) is 8.01. The van der Waals surface area contributed by atoms with Gasteiger partial charge in [0.15, 0.2) is 5.78 Å². The van der Waals surface area contributed by atoms with E-state index in [-0.39, 0.29) is 36.1 Å². The number of Topliss-reactive ketones (excluding diaryl/α,β-unsaturated/α-hetero) is 1. The molecule has 4 nitrogen and oxygen atoms in total.